The van der Waals surface area contributed by atoms with E-state index in [4.69, 9.17) is 4.74 Å². The summed E-state index contributed by atoms with van der Waals surface area (Å²) in [5.74, 6) is 0.322. The minimum absolute atomic E-state index is 0.322. The van der Waals surface area contributed by atoms with Crippen molar-refractivity contribution in [2.45, 2.75) is 19.0 Å². The Hall–Kier alpha value is -0.330. The molecule has 0 saturated carbocycles. The summed E-state index contributed by atoms with van der Waals surface area (Å²) in [5.41, 5.74) is 0. The summed E-state index contributed by atoms with van der Waals surface area (Å²) in [5, 5.41) is 3.21. The van der Waals surface area contributed by atoms with Crippen molar-refractivity contribution in [2.24, 2.45) is 5.92 Å². The third-order valence-electron chi connectivity index (χ3n) is 2.92. The first-order valence-corrected chi connectivity index (χ1v) is 6.00. The van der Waals surface area contributed by atoms with Crippen molar-refractivity contribution in [2.75, 3.05) is 46.4 Å². The Morgan fingerprint density at radius 3 is 2.82 bits per heavy atom. The summed E-state index contributed by atoms with van der Waals surface area (Å²) in [7, 11) is 1.63. The maximum Gasteiger partial charge on any atom is 0.401 e. The molecule has 0 amide bonds. The lowest BCUT2D eigenvalue weighted by molar-refractivity contribution is -0.149. The molecule has 0 bridgehead atoms. The van der Waals surface area contributed by atoms with Crippen molar-refractivity contribution < 1.29 is 17.9 Å². The molecule has 0 spiro atoms. The van der Waals surface area contributed by atoms with E-state index in [9.17, 15) is 13.2 Å². The van der Waals surface area contributed by atoms with Gasteiger partial charge in [-0.3, -0.25) is 4.90 Å². The average Bonchev–Trinajstić information content (AvgIpc) is 2.23. The first-order valence-electron chi connectivity index (χ1n) is 6.00. The van der Waals surface area contributed by atoms with Crippen LogP contribution in [-0.4, -0.2) is 57.5 Å². The first kappa shape index (κ1) is 14.7. The van der Waals surface area contributed by atoms with Gasteiger partial charge in [0.1, 0.15) is 0 Å². The molecule has 1 heterocycles. The van der Waals surface area contributed by atoms with Gasteiger partial charge in [-0.05, 0) is 31.8 Å². The number of alkyl halides is 3. The van der Waals surface area contributed by atoms with E-state index in [0.717, 1.165) is 25.9 Å². The summed E-state index contributed by atoms with van der Waals surface area (Å²) in [6, 6.07) is 0. The van der Waals surface area contributed by atoms with Gasteiger partial charge in [-0.2, -0.15) is 13.2 Å². The van der Waals surface area contributed by atoms with Crippen LogP contribution in [0.5, 0.6) is 0 Å². The van der Waals surface area contributed by atoms with E-state index < -0.39 is 12.7 Å². The molecule has 1 N–H and O–H groups in total. The third-order valence-corrected chi connectivity index (χ3v) is 2.92. The topological polar surface area (TPSA) is 24.5 Å². The quantitative estimate of drug-likeness (QED) is 0.727. The predicted octanol–water partition coefficient (Wildman–Crippen LogP) is 1.50. The van der Waals surface area contributed by atoms with Crippen LogP contribution in [0.25, 0.3) is 0 Å². The van der Waals surface area contributed by atoms with Crippen LogP contribution < -0.4 is 5.32 Å². The number of piperidine rings is 1. The molecule has 1 fully saturated rings. The molecule has 102 valence electrons. The van der Waals surface area contributed by atoms with Gasteiger partial charge in [0, 0.05) is 20.2 Å². The summed E-state index contributed by atoms with van der Waals surface area (Å²) < 4.78 is 41.6. The SMILES string of the molecule is COCCNCC1CCCN(CC(F)(F)F)C1. The maximum absolute atomic E-state index is 12.2. The monoisotopic (exact) mass is 254 g/mol. The van der Waals surface area contributed by atoms with Crippen LogP contribution in [0.3, 0.4) is 0 Å². The van der Waals surface area contributed by atoms with Gasteiger partial charge in [-0.1, -0.05) is 0 Å². The molecule has 1 aliphatic rings. The Labute approximate surface area is 100 Å². The number of hydrogen-bond acceptors (Lipinski definition) is 3. The molecule has 1 saturated heterocycles. The predicted molar refractivity (Wildman–Crippen MR) is 60.0 cm³/mol. The fourth-order valence-corrected chi connectivity index (χ4v) is 2.20. The van der Waals surface area contributed by atoms with Crippen molar-refractivity contribution in [1.29, 1.82) is 0 Å². The summed E-state index contributed by atoms with van der Waals surface area (Å²) in [6.07, 6.45) is -2.22. The second kappa shape index (κ2) is 7.18. The Kier molecular flexibility index (Phi) is 6.22. The van der Waals surface area contributed by atoms with Crippen LogP contribution in [0.15, 0.2) is 0 Å². The molecule has 0 aromatic rings. The average molecular weight is 254 g/mol. The number of ether oxygens (including phenoxy) is 1. The van der Waals surface area contributed by atoms with Crippen LogP contribution in [0.4, 0.5) is 13.2 Å². The Bertz CT molecular complexity index is 211. The lowest BCUT2D eigenvalue weighted by Crippen LogP contribution is -2.44. The van der Waals surface area contributed by atoms with Crippen LogP contribution in [0.1, 0.15) is 12.8 Å². The van der Waals surface area contributed by atoms with Crippen molar-refractivity contribution >= 4 is 0 Å². The van der Waals surface area contributed by atoms with Gasteiger partial charge >= 0.3 is 6.18 Å². The van der Waals surface area contributed by atoms with Gasteiger partial charge in [-0.15, -0.1) is 0 Å². The molecule has 17 heavy (non-hydrogen) atoms. The number of rotatable bonds is 6. The van der Waals surface area contributed by atoms with E-state index in [2.05, 4.69) is 5.32 Å². The minimum Gasteiger partial charge on any atom is -0.383 e. The maximum atomic E-state index is 12.2. The van der Waals surface area contributed by atoms with Crippen molar-refractivity contribution in [1.82, 2.24) is 10.2 Å². The van der Waals surface area contributed by atoms with Crippen molar-refractivity contribution in [3.63, 3.8) is 0 Å². The Morgan fingerprint density at radius 1 is 1.41 bits per heavy atom. The highest BCUT2D eigenvalue weighted by Crippen LogP contribution is 2.21. The van der Waals surface area contributed by atoms with E-state index in [1.165, 1.54) is 4.90 Å². The van der Waals surface area contributed by atoms with E-state index in [0.29, 0.717) is 25.6 Å². The molecule has 0 aromatic carbocycles. The normalized spacial score (nSPS) is 22.9. The van der Waals surface area contributed by atoms with Gasteiger partial charge in [0.05, 0.1) is 13.2 Å². The highest BCUT2D eigenvalue weighted by Gasteiger charge is 2.32. The smallest absolute Gasteiger partial charge is 0.383 e. The molecule has 0 aromatic heterocycles. The number of nitrogens with one attached hydrogen (secondary N) is 1. The van der Waals surface area contributed by atoms with Gasteiger partial charge in [-0.25, -0.2) is 0 Å². The van der Waals surface area contributed by atoms with Crippen LogP contribution in [-0.2, 0) is 4.74 Å². The number of methoxy groups -OCH3 is 1. The van der Waals surface area contributed by atoms with Crippen molar-refractivity contribution in [3.8, 4) is 0 Å². The molecule has 6 heteroatoms. The fraction of sp³-hybridized carbons (Fsp3) is 1.00. The standard InChI is InChI=1S/C11H21F3N2O/c1-17-6-4-15-7-10-3-2-5-16(8-10)9-11(12,13)14/h10,15H,2-9H2,1H3. The number of hydrogen-bond donors (Lipinski definition) is 1. The van der Waals surface area contributed by atoms with Crippen LogP contribution in [0, 0.1) is 5.92 Å². The zero-order valence-corrected chi connectivity index (χ0v) is 10.2. The van der Waals surface area contributed by atoms with E-state index >= 15 is 0 Å². The highest BCUT2D eigenvalue weighted by atomic mass is 19.4. The Balaban J connectivity index is 2.19. The molecule has 3 nitrogen and oxygen atoms in total. The molecular weight excluding hydrogens is 233 g/mol. The third kappa shape index (κ3) is 6.85. The summed E-state index contributed by atoms with van der Waals surface area (Å²) in [4.78, 5) is 1.51. The molecule has 0 aliphatic carbocycles. The van der Waals surface area contributed by atoms with E-state index in [1.54, 1.807) is 7.11 Å². The molecular formula is C11H21F3N2O. The molecule has 1 atom stereocenters. The van der Waals surface area contributed by atoms with E-state index in [1.807, 2.05) is 0 Å². The number of likely N-dealkylation sites (tertiary alicyclic amines) is 1. The molecule has 0 radical (unpaired) electrons. The lowest BCUT2D eigenvalue weighted by Gasteiger charge is -2.33. The largest absolute Gasteiger partial charge is 0.401 e. The minimum atomic E-state index is -4.08. The first-order chi connectivity index (χ1) is 8.01. The van der Waals surface area contributed by atoms with Gasteiger partial charge in [0.2, 0.25) is 0 Å². The van der Waals surface area contributed by atoms with E-state index in [-0.39, 0.29) is 0 Å². The van der Waals surface area contributed by atoms with Crippen LogP contribution >= 0.6 is 0 Å². The fourth-order valence-electron chi connectivity index (χ4n) is 2.20. The highest BCUT2D eigenvalue weighted by molar-refractivity contribution is 4.76. The zero-order chi connectivity index (χ0) is 12.7. The molecule has 1 rings (SSSR count). The Morgan fingerprint density at radius 2 is 2.18 bits per heavy atom. The molecule has 1 unspecified atom stereocenters. The second-order valence-electron chi connectivity index (χ2n) is 4.56. The van der Waals surface area contributed by atoms with Gasteiger partial charge in [0.15, 0.2) is 0 Å². The van der Waals surface area contributed by atoms with Crippen molar-refractivity contribution in [3.05, 3.63) is 0 Å². The summed E-state index contributed by atoms with van der Waals surface area (Å²) in [6.45, 7) is 2.50. The lowest BCUT2D eigenvalue weighted by atomic mass is 9.98. The van der Waals surface area contributed by atoms with Gasteiger partial charge < -0.3 is 10.1 Å². The molecule has 1 aliphatic heterocycles. The number of nitrogens with zero attached hydrogens (tertiary/aromatic N) is 1. The summed E-state index contributed by atoms with van der Waals surface area (Å²) >= 11 is 0. The van der Waals surface area contributed by atoms with Crippen LogP contribution in [0.2, 0.25) is 0 Å². The zero-order valence-electron chi connectivity index (χ0n) is 10.2. The second-order valence-corrected chi connectivity index (χ2v) is 4.56. The van der Waals surface area contributed by atoms with Gasteiger partial charge in [0.25, 0.3) is 0 Å². The number of halogens is 3.